The predicted octanol–water partition coefficient (Wildman–Crippen LogP) is 3.03. The van der Waals surface area contributed by atoms with E-state index in [9.17, 15) is 0 Å². The fourth-order valence-electron chi connectivity index (χ4n) is 1.46. The lowest BCUT2D eigenvalue weighted by atomic mass is 10.1. The van der Waals surface area contributed by atoms with Crippen LogP contribution in [0, 0.1) is 6.92 Å². The van der Waals surface area contributed by atoms with Crippen molar-refractivity contribution in [3.8, 4) is 10.7 Å². The third kappa shape index (κ3) is 2.04. The number of rotatable bonds is 2. The first-order valence-corrected chi connectivity index (χ1v) is 5.74. The molecule has 0 aliphatic rings. The minimum atomic E-state index is 0.521. The fourth-order valence-corrected chi connectivity index (χ4v) is 2.49. The standard InChI is InChI=1S/C11H13N3S/c1-7(2)10-8(3)14-11(15-10)9-6-12-4-5-13-9/h4-7H,1-3H3. The van der Waals surface area contributed by atoms with Gasteiger partial charge in [0.05, 0.1) is 11.9 Å². The van der Waals surface area contributed by atoms with Gasteiger partial charge in [-0.1, -0.05) is 13.8 Å². The minimum Gasteiger partial charge on any atom is -0.261 e. The van der Waals surface area contributed by atoms with Crippen molar-refractivity contribution >= 4 is 11.3 Å². The highest BCUT2D eigenvalue weighted by atomic mass is 32.1. The average molecular weight is 219 g/mol. The molecule has 0 fully saturated rings. The Kier molecular flexibility index (Phi) is 2.77. The molecule has 78 valence electrons. The van der Waals surface area contributed by atoms with Crippen molar-refractivity contribution in [3.05, 3.63) is 29.2 Å². The zero-order valence-electron chi connectivity index (χ0n) is 9.06. The highest BCUT2D eigenvalue weighted by Gasteiger charge is 2.12. The topological polar surface area (TPSA) is 38.7 Å². The molecular formula is C11H13N3S. The lowest BCUT2D eigenvalue weighted by Crippen LogP contribution is -1.85. The second-order valence-electron chi connectivity index (χ2n) is 3.71. The SMILES string of the molecule is Cc1nc(-c2cnccn2)sc1C(C)C. The lowest BCUT2D eigenvalue weighted by Gasteiger charge is -1.99. The van der Waals surface area contributed by atoms with Gasteiger partial charge < -0.3 is 0 Å². The van der Waals surface area contributed by atoms with Crippen LogP contribution < -0.4 is 0 Å². The molecule has 0 aliphatic carbocycles. The van der Waals surface area contributed by atoms with Gasteiger partial charge in [0, 0.05) is 17.3 Å². The predicted molar refractivity (Wildman–Crippen MR) is 62.0 cm³/mol. The zero-order chi connectivity index (χ0) is 10.8. The summed E-state index contributed by atoms with van der Waals surface area (Å²) in [6.07, 6.45) is 5.12. The number of aromatic nitrogens is 3. The molecule has 2 rings (SSSR count). The Morgan fingerprint density at radius 1 is 1.27 bits per heavy atom. The van der Waals surface area contributed by atoms with E-state index in [-0.39, 0.29) is 0 Å². The van der Waals surface area contributed by atoms with E-state index in [1.807, 2.05) is 6.92 Å². The first-order valence-electron chi connectivity index (χ1n) is 4.92. The van der Waals surface area contributed by atoms with E-state index >= 15 is 0 Å². The quantitative estimate of drug-likeness (QED) is 0.779. The van der Waals surface area contributed by atoms with E-state index in [4.69, 9.17) is 0 Å². The normalized spacial score (nSPS) is 10.9. The van der Waals surface area contributed by atoms with Gasteiger partial charge in [-0.3, -0.25) is 9.97 Å². The van der Waals surface area contributed by atoms with Crippen LogP contribution in [0.1, 0.15) is 30.3 Å². The molecule has 3 nitrogen and oxygen atoms in total. The van der Waals surface area contributed by atoms with E-state index in [1.165, 1.54) is 4.88 Å². The average Bonchev–Trinajstić information content (AvgIpc) is 2.62. The number of hydrogen-bond donors (Lipinski definition) is 0. The van der Waals surface area contributed by atoms with Crippen LogP contribution >= 0.6 is 11.3 Å². The molecule has 0 bridgehead atoms. The maximum absolute atomic E-state index is 4.52. The van der Waals surface area contributed by atoms with E-state index in [0.717, 1.165) is 16.4 Å². The molecule has 0 atom stereocenters. The van der Waals surface area contributed by atoms with Crippen molar-refractivity contribution in [1.82, 2.24) is 15.0 Å². The summed E-state index contributed by atoms with van der Waals surface area (Å²) in [7, 11) is 0. The Morgan fingerprint density at radius 2 is 2.07 bits per heavy atom. The summed E-state index contributed by atoms with van der Waals surface area (Å²) in [6, 6.07) is 0. The first-order chi connectivity index (χ1) is 7.18. The van der Waals surface area contributed by atoms with Crippen LogP contribution in [0.15, 0.2) is 18.6 Å². The molecule has 4 heteroatoms. The van der Waals surface area contributed by atoms with Crippen molar-refractivity contribution in [2.75, 3.05) is 0 Å². The van der Waals surface area contributed by atoms with Crippen molar-refractivity contribution in [2.45, 2.75) is 26.7 Å². The minimum absolute atomic E-state index is 0.521. The van der Waals surface area contributed by atoms with Gasteiger partial charge in [0.1, 0.15) is 10.7 Å². The summed E-state index contributed by atoms with van der Waals surface area (Å²) >= 11 is 1.71. The maximum Gasteiger partial charge on any atom is 0.143 e. The van der Waals surface area contributed by atoms with Gasteiger partial charge in [-0.05, 0) is 12.8 Å². The summed E-state index contributed by atoms with van der Waals surface area (Å²) in [4.78, 5) is 14.1. The van der Waals surface area contributed by atoms with Gasteiger partial charge in [0.15, 0.2) is 0 Å². The highest BCUT2D eigenvalue weighted by molar-refractivity contribution is 7.15. The number of nitrogens with zero attached hydrogens (tertiary/aromatic N) is 3. The van der Waals surface area contributed by atoms with E-state index in [0.29, 0.717) is 5.92 Å². The number of hydrogen-bond acceptors (Lipinski definition) is 4. The highest BCUT2D eigenvalue weighted by Crippen LogP contribution is 2.30. The van der Waals surface area contributed by atoms with Crippen LogP contribution in [0.2, 0.25) is 0 Å². The molecule has 15 heavy (non-hydrogen) atoms. The van der Waals surface area contributed by atoms with Crippen LogP contribution in [0.25, 0.3) is 10.7 Å². The molecule has 0 radical (unpaired) electrons. The molecule has 0 aliphatic heterocycles. The van der Waals surface area contributed by atoms with Gasteiger partial charge in [-0.15, -0.1) is 11.3 Å². The van der Waals surface area contributed by atoms with Crippen molar-refractivity contribution < 1.29 is 0 Å². The fraction of sp³-hybridized carbons (Fsp3) is 0.364. The summed E-state index contributed by atoms with van der Waals surface area (Å²) in [5.41, 5.74) is 1.97. The van der Waals surface area contributed by atoms with Crippen LogP contribution in [-0.2, 0) is 0 Å². The van der Waals surface area contributed by atoms with Crippen molar-refractivity contribution in [3.63, 3.8) is 0 Å². The largest absolute Gasteiger partial charge is 0.261 e. The van der Waals surface area contributed by atoms with Gasteiger partial charge in [-0.2, -0.15) is 0 Å². The molecule has 2 aromatic heterocycles. The molecule has 2 heterocycles. The molecule has 0 saturated carbocycles. The Morgan fingerprint density at radius 3 is 2.60 bits per heavy atom. The smallest absolute Gasteiger partial charge is 0.143 e. The third-order valence-electron chi connectivity index (χ3n) is 2.14. The van der Waals surface area contributed by atoms with Gasteiger partial charge in [-0.25, -0.2) is 4.98 Å². The first kappa shape index (κ1) is 10.2. The molecule has 0 unspecified atom stereocenters. The second kappa shape index (κ2) is 4.06. The molecule has 0 N–H and O–H groups in total. The van der Waals surface area contributed by atoms with E-state index < -0.39 is 0 Å². The van der Waals surface area contributed by atoms with Crippen LogP contribution in [-0.4, -0.2) is 15.0 Å². The molecule has 0 amide bonds. The third-order valence-corrected chi connectivity index (χ3v) is 3.62. The second-order valence-corrected chi connectivity index (χ2v) is 4.74. The molecule has 0 spiro atoms. The summed E-state index contributed by atoms with van der Waals surface area (Å²) < 4.78 is 0. The Balaban J connectivity index is 2.43. The van der Waals surface area contributed by atoms with Crippen LogP contribution in [0.4, 0.5) is 0 Å². The van der Waals surface area contributed by atoms with Gasteiger partial charge >= 0.3 is 0 Å². The summed E-state index contributed by atoms with van der Waals surface area (Å²) in [6.45, 7) is 6.41. The molecule has 0 saturated heterocycles. The molecule has 0 aromatic carbocycles. The molecule has 2 aromatic rings. The lowest BCUT2D eigenvalue weighted by molar-refractivity contribution is 0.873. The van der Waals surface area contributed by atoms with Gasteiger partial charge in [0.2, 0.25) is 0 Å². The van der Waals surface area contributed by atoms with E-state index in [1.54, 1.807) is 29.9 Å². The van der Waals surface area contributed by atoms with Crippen LogP contribution in [0.5, 0.6) is 0 Å². The Labute approximate surface area is 93.2 Å². The maximum atomic E-state index is 4.52. The monoisotopic (exact) mass is 219 g/mol. The van der Waals surface area contributed by atoms with Crippen LogP contribution in [0.3, 0.4) is 0 Å². The Bertz CT molecular complexity index is 448. The van der Waals surface area contributed by atoms with Gasteiger partial charge in [0.25, 0.3) is 0 Å². The van der Waals surface area contributed by atoms with Crippen molar-refractivity contribution in [1.29, 1.82) is 0 Å². The van der Waals surface area contributed by atoms with E-state index in [2.05, 4.69) is 28.8 Å². The number of thiazole rings is 1. The Hall–Kier alpha value is -1.29. The zero-order valence-corrected chi connectivity index (χ0v) is 9.88. The number of aryl methyl sites for hydroxylation is 1. The summed E-state index contributed by atoms with van der Waals surface area (Å²) in [5, 5.41) is 0.962. The van der Waals surface area contributed by atoms with Crippen molar-refractivity contribution in [2.24, 2.45) is 0 Å². The summed E-state index contributed by atoms with van der Waals surface area (Å²) in [5.74, 6) is 0.521. The molecular weight excluding hydrogens is 206 g/mol.